The Morgan fingerprint density at radius 1 is 1.03 bits per heavy atom. The maximum absolute atomic E-state index is 12.3. The number of carboxylic acids is 1. The largest absolute Gasteiger partial charge is 0.496 e. The highest BCUT2D eigenvalue weighted by atomic mass is 16.7. The van der Waals surface area contributed by atoms with Crippen LogP contribution in [-0.4, -0.2) is 35.5 Å². The molecule has 0 aromatic heterocycles. The van der Waals surface area contributed by atoms with Crippen LogP contribution in [0.1, 0.15) is 43.6 Å². The van der Waals surface area contributed by atoms with Crippen molar-refractivity contribution < 1.29 is 28.7 Å². The number of ether oxygens (including phenoxy) is 1. The summed E-state index contributed by atoms with van der Waals surface area (Å²) in [5.74, 6) is -1.11. The van der Waals surface area contributed by atoms with Gasteiger partial charge in [-0.25, -0.2) is 9.59 Å². The van der Waals surface area contributed by atoms with E-state index in [-0.39, 0.29) is 17.9 Å². The average Bonchev–Trinajstić information content (AvgIpc) is 2.88. The van der Waals surface area contributed by atoms with Crippen molar-refractivity contribution in [2.24, 2.45) is 0 Å². The maximum atomic E-state index is 12.3. The molecule has 2 aromatic rings. The van der Waals surface area contributed by atoms with Crippen molar-refractivity contribution in [1.82, 2.24) is 0 Å². The number of rotatable bonds is 5. The molecule has 0 aliphatic carbocycles. The Kier molecular flexibility index (Phi) is 5.68. The van der Waals surface area contributed by atoms with Crippen molar-refractivity contribution in [3.8, 4) is 0 Å². The third-order valence-corrected chi connectivity index (χ3v) is 5.26. The highest BCUT2D eigenvalue weighted by Crippen LogP contribution is 2.37. The van der Waals surface area contributed by atoms with Crippen LogP contribution < -0.4 is 10.8 Å². The predicted molar refractivity (Wildman–Crippen MR) is 109 cm³/mol. The first kappa shape index (κ1) is 20.9. The maximum Gasteiger partial charge on any atom is 0.496 e. The van der Waals surface area contributed by atoms with E-state index in [1.807, 2.05) is 58.0 Å². The smallest absolute Gasteiger partial charge is 0.478 e. The van der Waals surface area contributed by atoms with E-state index in [0.717, 1.165) is 5.56 Å². The highest BCUT2D eigenvalue weighted by Gasteiger charge is 2.52. The third-order valence-electron chi connectivity index (χ3n) is 5.26. The molecule has 1 aliphatic heterocycles. The number of nitrogens with one attached hydrogen (secondary N) is 1. The van der Waals surface area contributed by atoms with Gasteiger partial charge in [0.05, 0.1) is 16.8 Å². The number of carbonyl (C=O) groups excluding carboxylic acids is 1. The minimum Gasteiger partial charge on any atom is -0.478 e. The summed E-state index contributed by atoms with van der Waals surface area (Å²) >= 11 is 0. The van der Waals surface area contributed by atoms with Gasteiger partial charge in [-0.3, -0.25) is 5.32 Å². The number of hydrogen-bond donors (Lipinski definition) is 2. The van der Waals surface area contributed by atoms with Gasteiger partial charge in [0.2, 0.25) is 0 Å². The summed E-state index contributed by atoms with van der Waals surface area (Å²) in [5, 5.41) is 11.9. The van der Waals surface area contributed by atoms with Crippen molar-refractivity contribution in [3.63, 3.8) is 0 Å². The van der Waals surface area contributed by atoms with Gasteiger partial charge in [-0.1, -0.05) is 36.4 Å². The SMILES string of the molecule is CC1(C)OB(c2ccc(C(=O)O)cc2NC(=O)OCc2ccccc2)OC1(C)C. The van der Waals surface area contributed by atoms with Gasteiger partial charge < -0.3 is 19.2 Å². The number of benzene rings is 2. The van der Waals surface area contributed by atoms with Crippen LogP contribution in [0, 0.1) is 0 Å². The molecule has 1 heterocycles. The van der Waals surface area contributed by atoms with Crippen LogP contribution in [0.5, 0.6) is 0 Å². The minimum atomic E-state index is -1.11. The number of anilines is 1. The van der Waals surface area contributed by atoms with E-state index >= 15 is 0 Å². The Balaban J connectivity index is 1.81. The Morgan fingerprint density at radius 3 is 2.24 bits per heavy atom. The standard InChI is InChI=1S/C21H24BNO6/c1-20(2)21(3,4)29-22(28-20)16-11-10-15(18(24)25)12-17(16)23-19(26)27-13-14-8-6-5-7-9-14/h5-12H,13H2,1-4H3,(H,23,26)(H,24,25). The van der Waals surface area contributed by atoms with E-state index in [4.69, 9.17) is 14.0 Å². The second kappa shape index (κ2) is 7.89. The first-order chi connectivity index (χ1) is 13.6. The zero-order valence-corrected chi connectivity index (χ0v) is 16.9. The van der Waals surface area contributed by atoms with Crippen LogP contribution in [0.4, 0.5) is 10.5 Å². The molecule has 1 saturated heterocycles. The van der Waals surface area contributed by atoms with Crippen LogP contribution in [0.3, 0.4) is 0 Å². The predicted octanol–water partition coefficient (Wildman–Crippen LogP) is 3.43. The van der Waals surface area contributed by atoms with Crippen LogP contribution in [-0.2, 0) is 20.7 Å². The normalized spacial score (nSPS) is 17.0. The topological polar surface area (TPSA) is 94.1 Å². The van der Waals surface area contributed by atoms with Crippen LogP contribution in [0.25, 0.3) is 0 Å². The number of carbonyl (C=O) groups is 2. The highest BCUT2D eigenvalue weighted by molar-refractivity contribution is 6.64. The van der Waals surface area contributed by atoms with Gasteiger partial charge in [0.15, 0.2) is 0 Å². The van der Waals surface area contributed by atoms with Crippen LogP contribution in [0.15, 0.2) is 48.5 Å². The Morgan fingerprint density at radius 2 is 1.66 bits per heavy atom. The molecule has 7 nitrogen and oxygen atoms in total. The monoisotopic (exact) mass is 397 g/mol. The molecule has 2 N–H and O–H groups in total. The molecule has 0 atom stereocenters. The van der Waals surface area contributed by atoms with Crippen molar-refractivity contribution in [2.75, 3.05) is 5.32 Å². The molecule has 0 spiro atoms. The van der Waals surface area contributed by atoms with E-state index in [0.29, 0.717) is 5.46 Å². The fourth-order valence-corrected chi connectivity index (χ4v) is 2.84. The van der Waals surface area contributed by atoms with Gasteiger partial charge in [0.1, 0.15) is 6.61 Å². The average molecular weight is 397 g/mol. The van der Waals surface area contributed by atoms with Crippen LogP contribution in [0.2, 0.25) is 0 Å². The lowest BCUT2D eigenvalue weighted by atomic mass is 9.77. The summed E-state index contributed by atoms with van der Waals surface area (Å²) in [7, 11) is -0.757. The van der Waals surface area contributed by atoms with Crippen molar-refractivity contribution >= 4 is 30.3 Å². The molecular weight excluding hydrogens is 373 g/mol. The number of hydrogen-bond acceptors (Lipinski definition) is 5. The molecule has 1 fully saturated rings. The van der Waals surface area contributed by atoms with Gasteiger partial charge in [-0.15, -0.1) is 0 Å². The summed E-state index contributed by atoms with van der Waals surface area (Å²) in [5.41, 5.74) is 0.506. The molecule has 3 rings (SSSR count). The van der Waals surface area contributed by atoms with Gasteiger partial charge in [-0.2, -0.15) is 0 Å². The number of amides is 1. The first-order valence-electron chi connectivity index (χ1n) is 9.30. The van der Waals surface area contributed by atoms with Crippen molar-refractivity contribution in [2.45, 2.75) is 45.5 Å². The molecule has 0 radical (unpaired) electrons. The van der Waals surface area contributed by atoms with Gasteiger partial charge in [0.25, 0.3) is 0 Å². The molecule has 8 heteroatoms. The van der Waals surface area contributed by atoms with Gasteiger partial charge in [-0.05, 0) is 45.4 Å². The van der Waals surface area contributed by atoms with E-state index in [1.165, 1.54) is 12.1 Å². The van der Waals surface area contributed by atoms with Crippen molar-refractivity contribution in [1.29, 1.82) is 0 Å². The lowest BCUT2D eigenvalue weighted by Crippen LogP contribution is -2.41. The fraction of sp³-hybridized carbons (Fsp3) is 0.333. The lowest BCUT2D eigenvalue weighted by molar-refractivity contribution is 0.00578. The third kappa shape index (κ3) is 4.60. The molecule has 0 bridgehead atoms. The molecule has 29 heavy (non-hydrogen) atoms. The summed E-state index contributed by atoms with van der Waals surface area (Å²) in [6, 6.07) is 13.7. The summed E-state index contributed by atoms with van der Waals surface area (Å²) in [6.07, 6.45) is -0.700. The van der Waals surface area contributed by atoms with Crippen molar-refractivity contribution in [3.05, 3.63) is 59.7 Å². The molecule has 1 aliphatic rings. The van der Waals surface area contributed by atoms with E-state index in [2.05, 4.69) is 5.32 Å². The zero-order chi connectivity index (χ0) is 21.2. The molecule has 1 amide bonds. The molecular formula is C21H24BNO6. The Hall–Kier alpha value is -2.84. The van der Waals surface area contributed by atoms with Crippen LogP contribution >= 0.6 is 0 Å². The second-order valence-corrected chi connectivity index (χ2v) is 7.88. The minimum absolute atomic E-state index is 0.0311. The molecule has 0 saturated carbocycles. The van der Waals surface area contributed by atoms with E-state index < -0.39 is 30.4 Å². The molecule has 0 unspecified atom stereocenters. The van der Waals surface area contributed by atoms with E-state index in [1.54, 1.807) is 6.07 Å². The second-order valence-electron chi connectivity index (χ2n) is 7.88. The van der Waals surface area contributed by atoms with Gasteiger partial charge >= 0.3 is 19.2 Å². The Bertz CT molecular complexity index is 897. The first-order valence-corrected chi connectivity index (χ1v) is 9.30. The zero-order valence-electron chi connectivity index (χ0n) is 16.9. The quantitative estimate of drug-likeness (QED) is 0.751. The molecule has 152 valence electrons. The number of carboxylic acid groups (broad SMARTS) is 1. The number of aromatic carboxylic acids is 1. The summed E-state index contributed by atoms with van der Waals surface area (Å²) in [6.45, 7) is 7.76. The summed E-state index contributed by atoms with van der Waals surface area (Å²) in [4.78, 5) is 23.7. The van der Waals surface area contributed by atoms with E-state index in [9.17, 15) is 14.7 Å². The van der Waals surface area contributed by atoms with Gasteiger partial charge in [0, 0.05) is 11.2 Å². The summed E-state index contributed by atoms with van der Waals surface area (Å²) < 4.78 is 17.3. The lowest BCUT2D eigenvalue weighted by Gasteiger charge is -2.32. The fourth-order valence-electron chi connectivity index (χ4n) is 2.84. The molecule has 2 aromatic carbocycles. The Labute approximate surface area is 170 Å².